The molecule has 180 valence electrons. The van der Waals surface area contributed by atoms with Crippen molar-refractivity contribution in [2.75, 3.05) is 13.1 Å². The first-order chi connectivity index (χ1) is 15.4. The molecule has 0 aliphatic rings. The second kappa shape index (κ2) is 11.0. The summed E-state index contributed by atoms with van der Waals surface area (Å²) in [6.45, 7) is 5.38. The van der Waals surface area contributed by atoms with Gasteiger partial charge in [0.1, 0.15) is 17.7 Å². The van der Waals surface area contributed by atoms with Crippen LogP contribution in [0.15, 0.2) is 47.7 Å². The SMILES string of the molecule is CC(C)(C)OC(=O)N(CCCNC(=O)Cn1cccc(C(F)(F)F)c1=O)Cc1cccnc1. The third kappa shape index (κ3) is 8.59. The van der Waals surface area contributed by atoms with Crippen molar-refractivity contribution in [2.24, 2.45) is 0 Å². The van der Waals surface area contributed by atoms with Crippen LogP contribution in [-0.4, -0.2) is 45.1 Å². The number of hydrogen-bond donors (Lipinski definition) is 1. The molecular formula is C22H27F3N4O4. The Morgan fingerprint density at radius 1 is 1.18 bits per heavy atom. The summed E-state index contributed by atoms with van der Waals surface area (Å²) in [5, 5.41) is 2.55. The van der Waals surface area contributed by atoms with E-state index in [4.69, 9.17) is 4.74 Å². The van der Waals surface area contributed by atoms with Gasteiger partial charge in [-0.25, -0.2) is 4.79 Å². The van der Waals surface area contributed by atoms with E-state index in [1.54, 1.807) is 39.2 Å². The fourth-order valence-corrected chi connectivity index (χ4v) is 2.86. The molecule has 0 radical (unpaired) electrons. The van der Waals surface area contributed by atoms with Crippen LogP contribution in [0.4, 0.5) is 18.0 Å². The number of nitrogens with one attached hydrogen (secondary N) is 1. The molecule has 2 amide bonds. The molecular weight excluding hydrogens is 441 g/mol. The van der Waals surface area contributed by atoms with E-state index in [1.807, 2.05) is 6.07 Å². The molecule has 0 saturated heterocycles. The highest BCUT2D eigenvalue weighted by molar-refractivity contribution is 5.75. The molecule has 2 aromatic heterocycles. The van der Waals surface area contributed by atoms with Gasteiger partial charge in [0.25, 0.3) is 5.56 Å². The highest BCUT2D eigenvalue weighted by Gasteiger charge is 2.34. The van der Waals surface area contributed by atoms with Gasteiger partial charge in [-0.1, -0.05) is 6.07 Å². The summed E-state index contributed by atoms with van der Waals surface area (Å²) in [5.74, 6) is -0.618. The van der Waals surface area contributed by atoms with Gasteiger partial charge in [-0.05, 0) is 51.0 Å². The minimum Gasteiger partial charge on any atom is -0.444 e. The lowest BCUT2D eigenvalue weighted by Crippen LogP contribution is -2.39. The minimum atomic E-state index is -4.80. The number of amides is 2. The monoisotopic (exact) mass is 468 g/mol. The lowest BCUT2D eigenvalue weighted by Gasteiger charge is -2.27. The van der Waals surface area contributed by atoms with E-state index in [2.05, 4.69) is 10.3 Å². The molecule has 0 atom stereocenters. The number of alkyl halides is 3. The van der Waals surface area contributed by atoms with Crippen molar-refractivity contribution >= 4 is 12.0 Å². The van der Waals surface area contributed by atoms with Gasteiger partial charge in [0, 0.05) is 31.7 Å². The smallest absolute Gasteiger partial charge is 0.421 e. The fraction of sp³-hybridized carbons (Fsp3) is 0.455. The van der Waals surface area contributed by atoms with Crippen molar-refractivity contribution in [3.63, 3.8) is 0 Å². The topological polar surface area (TPSA) is 93.5 Å². The zero-order chi connectivity index (χ0) is 24.6. The van der Waals surface area contributed by atoms with Crippen LogP contribution in [0.3, 0.4) is 0 Å². The standard InChI is InChI=1S/C22H27F3N4O4/c1-21(2,3)33-20(32)29(14-16-7-4-9-26-13-16)12-6-10-27-18(30)15-28-11-5-8-17(19(28)31)22(23,24)25/h4-5,7-9,11,13H,6,10,12,14-15H2,1-3H3,(H,27,30). The maximum Gasteiger partial charge on any atom is 0.421 e. The second-order valence-electron chi connectivity index (χ2n) is 8.32. The van der Waals surface area contributed by atoms with Crippen LogP contribution in [0, 0.1) is 0 Å². The molecule has 0 fully saturated rings. The molecule has 33 heavy (non-hydrogen) atoms. The molecule has 0 aliphatic carbocycles. The summed E-state index contributed by atoms with van der Waals surface area (Å²) in [4.78, 5) is 42.1. The molecule has 11 heteroatoms. The predicted octanol–water partition coefficient (Wildman–Crippen LogP) is 3.21. The van der Waals surface area contributed by atoms with E-state index in [9.17, 15) is 27.6 Å². The van der Waals surface area contributed by atoms with Gasteiger partial charge >= 0.3 is 12.3 Å². The zero-order valence-corrected chi connectivity index (χ0v) is 18.7. The lowest BCUT2D eigenvalue weighted by atomic mass is 10.2. The highest BCUT2D eigenvalue weighted by atomic mass is 19.4. The Morgan fingerprint density at radius 2 is 1.91 bits per heavy atom. The number of hydrogen-bond acceptors (Lipinski definition) is 5. The normalized spacial score (nSPS) is 11.7. The number of carbonyl (C=O) groups is 2. The van der Waals surface area contributed by atoms with Crippen LogP contribution in [-0.2, 0) is 28.8 Å². The summed E-state index contributed by atoms with van der Waals surface area (Å²) in [6.07, 6.45) is -0.583. The van der Waals surface area contributed by atoms with Gasteiger partial charge in [0.2, 0.25) is 5.91 Å². The fourth-order valence-electron chi connectivity index (χ4n) is 2.86. The number of aromatic nitrogens is 2. The summed E-state index contributed by atoms with van der Waals surface area (Å²) < 4.78 is 44.7. The molecule has 2 rings (SSSR count). The van der Waals surface area contributed by atoms with Crippen molar-refractivity contribution < 1.29 is 27.5 Å². The first-order valence-corrected chi connectivity index (χ1v) is 10.3. The third-order valence-corrected chi connectivity index (χ3v) is 4.31. The van der Waals surface area contributed by atoms with E-state index in [-0.39, 0.29) is 19.6 Å². The molecule has 0 aromatic carbocycles. The molecule has 0 aliphatic heterocycles. The van der Waals surface area contributed by atoms with Gasteiger partial charge in [-0.15, -0.1) is 0 Å². The molecule has 0 spiro atoms. The summed E-state index contributed by atoms with van der Waals surface area (Å²) >= 11 is 0. The maximum atomic E-state index is 12.9. The lowest BCUT2D eigenvalue weighted by molar-refractivity contribution is -0.139. The van der Waals surface area contributed by atoms with Crippen molar-refractivity contribution in [1.82, 2.24) is 19.8 Å². The molecule has 1 N–H and O–H groups in total. The van der Waals surface area contributed by atoms with Crippen LogP contribution in [0.2, 0.25) is 0 Å². The largest absolute Gasteiger partial charge is 0.444 e. The number of rotatable bonds is 8. The third-order valence-electron chi connectivity index (χ3n) is 4.31. The zero-order valence-electron chi connectivity index (χ0n) is 18.7. The Kier molecular flexibility index (Phi) is 8.61. The average molecular weight is 468 g/mol. The van der Waals surface area contributed by atoms with Crippen molar-refractivity contribution in [1.29, 1.82) is 0 Å². The van der Waals surface area contributed by atoms with Crippen molar-refractivity contribution in [3.8, 4) is 0 Å². The summed E-state index contributed by atoms with van der Waals surface area (Å²) in [6, 6.07) is 5.30. The molecule has 0 saturated carbocycles. The molecule has 2 aromatic rings. The summed E-state index contributed by atoms with van der Waals surface area (Å²) in [7, 11) is 0. The first kappa shape index (κ1) is 25.9. The average Bonchev–Trinajstić information content (AvgIpc) is 2.70. The van der Waals surface area contributed by atoms with Crippen LogP contribution in [0.5, 0.6) is 0 Å². The predicted molar refractivity (Wildman–Crippen MR) is 114 cm³/mol. The Labute approximate surface area is 189 Å². The number of carbonyl (C=O) groups excluding carboxylic acids is 2. The molecule has 0 unspecified atom stereocenters. The molecule has 2 heterocycles. The Balaban J connectivity index is 1.92. The molecule has 8 nitrogen and oxygen atoms in total. The number of pyridine rings is 2. The first-order valence-electron chi connectivity index (χ1n) is 10.3. The maximum absolute atomic E-state index is 12.9. The number of nitrogens with zero attached hydrogens (tertiary/aromatic N) is 3. The van der Waals surface area contributed by atoms with E-state index < -0.39 is 41.4 Å². The Morgan fingerprint density at radius 3 is 2.52 bits per heavy atom. The minimum absolute atomic E-state index is 0.152. The number of halogens is 3. The van der Waals surface area contributed by atoms with Crippen LogP contribution >= 0.6 is 0 Å². The van der Waals surface area contributed by atoms with Crippen molar-refractivity contribution in [3.05, 3.63) is 64.3 Å². The quantitative estimate of drug-likeness (QED) is 0.601. The molecule has 0 bridgehead atoms. The van der Waals surface area contributed by atoms with Gasteiger partial charge in [0.15, 0.2) is 0 Å². The van der Waals surface area contributed by atoms with Gasteiger partial charge < -0.3 is 19.5 Å². The van der Waals surface area contributed by atoms with E-state index in [0.717, 1.165) is 17.8 Å². The van der Waals surface area contributed by atoms with E-state index in [0.29, 0.717) is 17.1 Å². The Bertz CT molecular complexity index is 1000. The van der Waals surface area contributed by atoms with Crippen LogP contribution < -0.4 is 10.9 Å². The van der Waals surface area contributed by atoms with Crippen LogP contribution in [0.25, 0.3) is 0 Å². The van der Waals surface area contributed by atoms with E-state index >= 15 is 0 Å². The second-order valence-corrected chi connectivity index (χ2v) is 8.32. The van der Waals surface area contributed by atoms with Crippen molar-refractivity contribution in [2.45, 2.75) is 52.1 Å². The van der Waals surface area contributed by atoms with Gasteiger partial charge in [-0.3, -0.25) is 14.6 Å². The van der Waals surface area contributed by atoms with Gasteiger partial charge in [-0.2, -0.15) is 13.2 Å². The Hall–Kier alpha value is -3.37. The highest BCUT2D eigenvalue weighted by Crippen LogP contribution is 2.25. The van der Waals surface area contributed by atoms with Gasteiger partial charge in [0.05, 0.1) is 6.54 Å². The van der Waals surface area contributed by atoms with Crippen LogP contribution in [0.1, 0.15) is 38.3 Å². The van der Waals surface area contributed by atoms with E-state index in [1.165, 1.54) is 4.90 Å². The number of ether oxygens (including phenoxy) is 1. The summed E-state index contributed by atoms with van der Waals surface area (Å²) in [5.41, 5.74) is -2.50.